The second-order valence-corrected chi connectivity index (χ2v) is 6.62. The number of ether oxygens (including phenoxy) is 1. The summed E-state index contributed by atoms with van der Waals surface area (Å²) in [5.74, 6) is 1.22. The summed E-state index contributed by atoms with van der Waals surface area (Å²) in [5, 5.41) is 17.3. The number of hydrogen-bond donors (Lipinski definition) is 1. The molecule has 0 spiro atoms. The quantitative estimate of drug-likeness (QED) is 0.641. The Morgan fingerprint density at radius 3 is 2.78 bits per heavy atom. The van der Waals surface area contributed by atoms with Crippen LogP contribution in [0, 0.1) is 25.2 Å². The monoisotopic (exact) mass is 378 g/mol. The molecule has 0 saturated heterocycles. The van der Waals surface area contributed by atoms with Crippen LogP contribution >= 0.6 is 11.6 Å². The first-order chi connectivity index (χ1) is 13.0. The molecular formula is C21H19ClN4O. The highest BCUT2D eigenvalue weighted by Crippen LogP contribution is 2.25. The van der Waals surface area contributed by atoms with E-state index < -0.39 is 0 Å². The summed E-state index contributed by atoms with van der Waals surface area (Å²) in [6.07, 6.45) is 2.26. The molecule has 3 aromatic rings. The van der Waals surface area contributed by atoms with Gasteiger partial charge in [0.15, 0.2) is 5.82 Å². The van der Waals surface area contributed by atoms with Gasteiger partial charge in [0.2, 0.25) is 0 Å². The summed E-state index contributed by atoms with van der Waals surface area (Å²) in [6, 6.07) is 13.6. The molecule has 0 bridgehead atoms. The number of H-pyrrole nitrogens is 1. The van der Waals surface area contributed by atoms with Crippen LogP contribution in [0.1, 0.15) is 33.5 Å². The highest BCUT2D eigenvalue weighted by Gasteiger charge is 2.13. The van der Waals surface area contributed by atoms with E-state index in [1.54, 1.807) is 13.3 Å². The van der Waals surface area contributed by atoms with Gasteiger partial charge in [0.25, 0.3) is 0 Å². The Morgan fingerprint density at radius 2 is 2.07 bits per heavy atom. The van der Waals surface area contributed by atoms with Crippen molar-refractivity contribution in [1.82, 2.24) is 10.2 Å². The number of hydrogen-bond acceptors (Lipinski definition) is 4. The van der Waals surface area contributed by atoms with Crippen LogP contribution in [0.15, 0.2) is 41.4 Å². The van der Waals surface area contributed by atoms with Gasteiger partial charge in [-0.05, 0) is 60.4 Å². The van der Waals surface area contributed by atoms with Crippen molar-refractivity contribution in [2.24, 2.45) is 4.99 Å². The lowest BCUT2D eigenvalue weighted by atomic mass is 10.0. The van der Waals surface area contributed by atoms with Crippen molar-refractivity contribution < 1.29 is 4.74 Å². The summed E-state index contributed by atoms with van der Waals surface area (Å²) in [4.78, 5) is 4.43. The molecule has 3 rings (SSSR count). The maximum atomic E-state index is 9.56. The first kappa shape index (κ1) is 18.7. The molecule has 136 valence electrons. The predicted molar refractivity (Wildman–Crippen MR) is 107 cm³/mol. The third kappa shape index (κ3) is 4.02. The number of nitrogens with one attached hydrogen (secondary N) is 1. The molecule has 0 aliphatic heterocycles. The summed E-state index contributed by atoms with van der Waals surface area (Å²) in [5.41, 5.74) is 5.25. The Balaban J connectivity index is 1.88. The molecule has 1 heterocycles. The minimum atomic E-state index is 0.377. The Labute approximate surface area is 163 Å². The molecule has 1 N–H and O–H groups in total. The van der Waals surface area contributed by atoms with E-state index in [1.165, 1.54) is 0 Å². The second-order valence-electron chi connectivity index (χ2n) is 6.18. The van der Waals surface area contributed by atoms with Crippen molar-refractivity contribution in [1.29, 1.82) is 5.26 Å². The molecule has 0 atom stereocenters. The summed E-state index contributed by atoms with van der Waals surface area (Å²) < 4.78 is 5.33. The minimum Gasteiger partial charge on any atom is -0.496 e. The fourth-order valence-corrected chi connectivity index (χ4v) is 3.08. The van der Waals surface area contributed by atoms with Crippen molar-refractivity contribution in [2.45, 2.75) is 20.3 Å². The SMILES string of the molecule is COc1ccc(C=Nc2n[nH]c(Cc3cccc(Cl)c3)c2C#N)c(C)c1C. The number of aromatic nitrogens is 2. The molecule has 6 heteroatoms. The van der Waals surface area contributed by atoms with Crippen molar-refractivity contribution >= 4 is 23.6 Å². The van der Waals surface area contributed by atoms with Gasteiger partial charge < -0.3 is 4.74 Å². The standard InChI is InChI=1S/C21H19ClN4O/c1-13-14(2)20(27-3)8-7-16(13)12-24-21-18(11-23)19(25-26-21)10-15-5-4-6-17(22)9-15/h4-9,12H,10H2,1-3H3,(H,25,26). The molecule has 5 nitrogen and oxygen atoms in total. The molecule has 0 aliphatic rings. The lowest BCUT2D eigenvalue weighted by molar-refractivity contribution is 0.411. The topological polar surface area (TPSA) is 74.1 Å². The summed E-state index contributed by atoms with van der Waals surface area (Å²) in [6.45, 7) is 4.02. The Bertz CT molecular complexity index is 1050. The van der Waals surface area contributed by atoms with Crippen molar-refractivity contribution in [3.8, 4) is 11.8 Å². The third-order valence-electron chi connectivity index (χ3n) is 4.53. The normalized spacial score (nSPS) is 10.9. The Hall–Kier alpha value is -3.10. The average molecular weight is 379 g/mol. The van der Waals surface area contributed by atoms with E-state index in [4.69, 9.17) is 16.3 Å². The van der Waals surface area contributed by atoms with Gasteiger partial charge in [0.05, 0.1) is 12.8 Å². The van der Waals surface area contributed by atoms with Crippen LogP contribution in [0.5, 0.6) is 5.75 Å². The van der Waals surface area contributed by atoms with Gasteiger partial charge in [-0.1, -0.05) is 23.7 Å². The van der Waals surface area contributed by atoms with Gasteiger partial charge in [-0.2, -0.15) is 10.4 Å². The van der Waals surface area contributed by atoms with Crippen LogP contribution in [0.4, 0.5) is 5.82 Å². The zero-order valence-corrected chi connectivity index (χ0v) is 16.1. The van der Waals surface area contributed by atoms with E-state index in [1.807, 2.05) is 50.2 Å². The van der Waals surface area contributed by atoms with Crippen LogP contribution in [-0.2, 0) is 6.42 Å². The smallest absolute Gasteiger partial charge is 0.191 e. The number of nitrogens with zero attached hydrogens (tertiary/aromatic N) is 3. The van der Waals surface area contributed by atoms with E-state index in [0.717, 1.165) is 33.7 Å². The summed E-state index contributed by atoms with van der Waals surface area (Å²) >= 11 is 6.03. The van der Waals surface area contributed by atoms with E-state index in [9.17, 15) is 5.26 Å². The number of benzene rings is 2. The zero-order valence-electron chi connectivity index (χ0n) is 15.4. The van der Waals surface area contributed by atoms with Crippen LogP contribution in [0.2, 0.25) is 5.02 Å². The number of aromatic amines is 1. The number of rotatable bonds is 5. The first-order valence-electron chi connectivity index (χ1n) is 8.43. The molecule has 27 heavy (non-hydrogen) atoms. The molecule has 0 fully saturated rings. The Morgan fingerprint density at radius 1 is 1.26 bits per heavy atom. The zero-order chi connectivity index (χ0) is 19.4. The molecule has 0 saturated carbocycles. The van der Waals surface area contributed by atoms with Crippen LogP contribution in [-0.4, -0.2) is 23.5 Å². The molecule has 0 unspecified atom stereocenters. The van der Waals surface area contributed by atoms with Gasteiger partial charge in [-0.3, -0.25) is 5.10 Å². The lowest BCUT2D eigenvalue weighted by Crippen LogP contribution is -1.95. The number of methoxy groups -OCH3 is 1. The highest BCUT2D eigenvalue weighted by atomic mass is 35.5. The molecule has 1 aromatic heterocycles. The molecular weight excluding hydrogens is 360 g/mol. The maximum absolute atomic E-state index is 9.56. The van der Waals surface area contributed by atoms with Crippen LogP contribution in [0.25, 0.3) is 0 Å². The van der Waals surface area contributed by atoms with Crippen LogP contribution in [0.3, 0.4) is 0 Å². The summed E-state index contributed by atoms with van der Waals surface area (Å²) in [7, 11) is 1.65. The second kappa shape index (κ2) is 8.07. The largest absolute Gasteiger partial charge is 0.496 e. The van der Waals surface area contributed by atoms with E-state index in [0.29, 0.717) is 22.8 Å². The highest BCUT2D eigenvalue weighted by molar-refractivity contribution is 6.30. The van der Waals surface area contributed by atoms with Crippen molar-refractivity contribution in [3.63, 3.8) is 0 Å². The number of nitriles is 1. The number of aliphatic imine (C=N–C) groups is 1. The molecule has 2 aromatic carbocycles. The van der Waals surface area contributed by atoms with Crippen molar-refractivity contribution in [3.05, 3.63) is 74.9 Å². The lowest BCUT2D eigenvalue weighted by Gasteiger charge is -2.09. The van der Waals surface area contributed by atoms with Gasteiger partial charge in [-0.25, -0.2) is 4.99 Å². The fourth-order valence-electron chi connectivity index (χ4n) is 2.87. The maximum Gasteiger partial charge on any atom is 0.191 e. The third-order valence-corrected chi connectivity index (χ3v) is 4.76. The van der Waals surface area contributed by atoms with Gasteiger partial charge in [-0.15, -0.1) is 0 Å². The van der Waals surface area contributed by atoms with Crippen LogP contribution < -0.4 is 4.74 Å². The molecule has 0 radical (unpaired) electrons. The van der Waals surface area contributed by atoms with E-state index in [-0.39, 0.29) is 0 Å². The van der Waals surface area contributed by atoms with Crippen molar-refractivity contribution in [2.75, 3.05) is 7.11 Å². The number of halogens is 1. The average Bonchev–Trinajstić information content (AvgIpc) is 3.04. The molecule has 0 amide bonds. The van der Waals surface area contributed by atoms with Gasteiger partial charge in [0.1, 0.15) is 17.4 Å². The molecule has 0 aliphatic carbocycles. The first-order valence-corrected chi connectivity index (χ1v) is 8.81. The Kier molecular flexibility index (Phi) is 5.58. The van der Waals surface area contributed by atoms with E-state index in [2.05, 4.69) is 21.3 Å². The minimum absolute atomic E-state index is 0.377. The van der Waals surface area contributed by atoms with Gasteiger partial charge in [0, 0.05) is 17.7 Å². The fraction of sp³-hybridized carbons (Fsp3) is 0.190. The van der Waals surface area contributed by atoms with E-state index >= 15 is 0 Å². The van der Waals surface area contributed by atoms with Gasteiger partial charge >= 0.3 is 0 Å². The predicted octanol–water partition coefficient (Wildman–Crippen LogP) is 4.90.